The van der Waals surface area contributed by atoms with E-state index in [9.17, 15) is 0 Å². The average molecular weight is 245 g/mol. The second-order valence-corrected chi connectivity index (χ2v) is 5.68. The lowest BCUT2D eigenvalue weighted by Gasteiger charge is -2.17. The molecule has 88 valence electrons. The van der Waals surface area contributed by atoms with Gasteiger partial charge in [-0.25, -0.2) is 0 Å². The highest BCUT2D eigenvalue weighted by Crippen LogP contribution is 2.43. The van der Waals surface area contributed by atoms with Gasteiger partial charge in [0.1, 0.15) is 5.01 Å². The fourth-order valence-electron chi connectivity index (χ4n) is 2.05. The summed E-state index contributed by atoms with van der Waals surface area (Å²) in [5.41, 5.74) is 1.35. The second kappa shape index (κ2) is 4.45. The smallest absolute Gasteiger partial charge is 0.206 e. The molecule has 0 radical (unpaired) electrons. The Kier molecular flexibility index (Phi) is 2.81. The molecule has 1 aliphatic rings. The molecular weight excluding hydrogens is 230 g/mol. The van der Waals surface area contributed by atoms with E-state index in [1.54, 1.807) is 11.3 Å². The number of aryl methyl sites for hydroxylation is 1. The number of anilines is 1. The van der Waals surface area contributed by atoms with Gasteiger partial charge in [0.05, 0.1) is 6.04 Å². The summed E-state index contributed by atoms with van der Waals surface area (Å²) in [6.07, 6.45) is 2.62. The Morgan fingerprint density at radius 3 is 2.59 bits per heavy atom. The molecule has 1 aromatic heterocycles. The van der Waals surface area contributed by atoms with Gasteiger partial charge in [0.2, 0.25) is 5.13 Å². The van der Waals surface area contributed by atoms with Crippen molar-refractivity contribution in [2.24, 2.45) is 5.92 Å². The van der Waals surface area contributed by atoms with Crippen LogP contribution >= 0.6 is 11.3 Å². The minimum absolute atomic E-state index is 0.392. The fourth-order valence-corrected chi connectivity index (χ4v) is 2.68. The SMILES string of the molecule is Cc1nnc(NC(c2ccccc2)C2CC2)s1. The quantitative estimate of drug-likeness (QED) is 0.897. The zero-order chi connectivity index (χ0) is 11.7. The topological polar surface area (TPSA) is 37.8 Å². The summed E-state index contributed by atoms with van der Waals surface area (Å²) in [5.74, 6) is 0.751. The van der Waals surface area contributed by atoms with E-state index in [2.05, 4.69) is 45.8 Å². The van der Waals surface area contributed by atoms with Crippen LogP contribution in [-0.2, 0) is 0 Å². The molecule has 1 unspecified atom stereocenters. The molecule has 4 heteroatoms. The van der Waals surface area contributed by atoms with Crippen molar-refractivity contribution in [3.05, 3.63) is 40.9 Å². The molecule has 0 bridgehead atoms. The number of nitrogens with one attached hydrogen (secondary N) is 1. The van der Waals surface area contributed by atoms with Gasteiger partial charge in [-0.1, -0.05) is 41.7 Å². The van der Waals surface area contributed by atoms with Crippen LogP contribution in [0.1, 0.15) is 29.5 Å². The van der Waals surface area contributed by atoms with Gasteiger partial charge in [-0.15, -0.1) is 10.2 Å². The molecule has 1 aromatic carbocycles. The number of rotatable bonds is 4. The van der Waals surface area contributed by atoms with Crippen molar-refractivity contribution >= 4 is 16.5 Å². The third kappa shape index (κ3) is 2.47. The van der Waals surface area contributed by atoms with Crippen molar-refractivity contribution in [1.29, 1.82) is 0 Å². The maximum Gasteiger partial charge on any atom is 0.206 e. The number of benzene rings is 1. The minimum Gasteiger partial charge on any atom is -0.353 e. The summed E-state index contributed by atoms with van der Waals surface area (Å²) in [7, 11) is 0. The van der Waals surface area contributed by atoms with Crippen molar-refractivity contribution in [2.75, 3.05) is 5.32 Å². The van der Waals surface area contributed by atoms with Gasteiger partial charge < -0.3 is 5.32 Å². The van der Waals surface area contributed by atoms with E-state index in [1.807, 2.05) is 6.92 Å². The van der Waals surface area contributed by atoms with E-state index in [1.165, 1.54) is 18.4 Å². The van der Waals surface area contributed by atoms with E-state index in [4.69, 9.17) is 0 Å². The van der Waals surface area contributed by atoms with Gasteiger partial charge >= 0.3 is 0 Å². The first-order chi connectivity index (χ1) is 8.33. The Morgan fingerprint density at radius 1 is 1.24 bits per heavy atom. The van der Waals surface area contributed by atoms with E-state index >= 15 is 0 Å². The van der Waals surface area contributed by atoms with Crippen LogP contribution in [0.25, 0.3) is 0 Å². The van der Waals surface area contributed by atoms with E-state index in [0.29, 0.717) is 6.04 Å². The Hall–Kier alpha value is -1.42. The Bertz CT molecular complexity index is 490. The highest BCUT2D eigenvalue weighted by atomic mass is 32.1. The maximum atomic E-state index is 4.15. The van der Waals surface area contributed by atoms with Gasteiger partial charge in [-0.05, 0) is 31.2 Å². The molecule has 1 heterocycles. The van der Waals surface area contributed by atoms with Crippen LogP contribution in [0.4, 0.5) is 5.13 Å². The van der Waals surface area contributed by atoms with Crippen LogP contribution in [0.2, 0.25) is 0 Å². The normalized spacial score (nSPS) is 16.8. The molecule has 1 atom stereocenters. The monoisotopic (exact) mass is 245 g/mol. The summed E-state index contributed by atoms with van der Waals surface area (Å²) < 4.78 is 0. The highest BCUT2D eigenvalue weighted by Gasteiger charge is 2.32. The van der Waals surface area contributed by atoms with E-state index < -0.39 is 0 Å². The molecule has 0 amide bonds. The third-order valence-corrected chi connectivity index (χ3v) is 3.83. The Morgan fingerprint density at radius 2 is 2.00 bits per heavy atom. The van der Waals surface area contributed by atoms with Crippen LogP contribution in [0.5, 0.6) is 0 Å². The number of aromatic nitrogens is 2. The number of nitrogens with zero attached hydrogens (tertiary/aromatic N) is 2. The molecule has 0 spiro atoms. The van der Waals surface area contributed by atoms with Gasteiger partial charge in [-0.3, -0.25) is 0 Å². The van der Waals surface area contributed by atoms with Crippen LogP contribution < -0.4 is 5.32 Å². The van der Waals surface area contributed by atoms with Crippen LogP contribution in [-0.4, -0.2) is 10.2 Å². The molecule has 0 aliphatic heterocycles. The van der Waals surface area contributed by atoms with Crippen molar-refractivity contribution in [1.82, 2.24) is 10.2 Å². The van der Waals surface area contributed by atoms with Crippen molar-refractivity contribution in [2.45, 2.75) is 25.8 Å². The van der Waals surface area contributed by atoms with Crippen LogP contribution in [0, 0.1) is 12.8 Å². The molecule has 17 heavy (non-hydrogen) atoms. The first kappa shape index (κ1) is 10.7. The summed E-state index contributed by atoms with van der Waals surface area (Å²) in [4.78, 5) is 0. The molecule has 1 saturated carbocycles. The van der Waals surface area contributed by atoms with Crippen molar-refractivity contribution in [3.8, 4) is 0 Å². The predicted molar refractivity (Wildman–Crippen MR) is 70.2 cm³/mol. The number of hydrogen-bond acceptors (Lipinski definition) is 4. The summed E-state index contributed by atoms with van der Waals surface area (Å²) in [6, 6.07) is 11.0. The average Bonchev–Trinajstić information content (AvgIpc) is 3.11. The lowest BCUT2D eigenvalue weighted by Crippen LogP contribution is -2.12. The Balaban J connectivity index is 1.81. The van der Waals surface area contributed by atoms with Crippen LogP contribution in [0.15, 0.2) is 30.3 Å². The van der Waals surface area contributed by atoms with Gasteiger partial charge in [0.15, 0.2) is 0 Å². The molecule has 1 N–H and O–H groups in total. The van der Waals surface area contributed by atoms with E-state index in [-0.39, 0.29) is 0 Å². The lowest BCUT2D eigenvalue weighted by atomic mass is 10.0. The predicted octanol–water partition coefficient (Wildman–Crippen LogP) is 3.41. The minimum atomic E-state index is 0.392. The first-order valence-corrected chi connectivity index (χ1v) is 6.76. The van der Waals surface area contributed by atoms with Crippen LogP contribution in [0.3, 0.4) is 0 Å². The van der Waals surface area contributed by atoms with Crippen molar-refractivity contribution in [3.63, 3.8) is 0 Å². The highest BCUT2D eigenvalue weighted by molar-refractivity contribution is 7.15. The zero-order valence-corrected chi connectivity index (χ0v) is 10.6. The van der Waals surface area contributed by atoms with Crippen molar-refractivity contribution < 1.29 is 0 Å². The third-order valence-electron chi connectivity index (χ3n) is 3.06. The zero-order valence-electron chi connectivity index (χ0n) is 9.76. The van der Waals surface area contributed by atoms with Gasteiger partial charge in [-0.2, -0.15) is 0 Å². The largest absolute Gasteiger partial charge is 0.353 e. The molecule has 1 aliphatic carbocycles. The van der Waals surface area contributed by atoms with E-state index in [0.717, 1.165) is 16.1 Å². The molecule has 3 rings (SSSR count). The van der Waals surface area contributed by atoms with Gasteiger partial charge in [0.25, 0.3) is 0 Å². The maximum absolute atomic E-state index is 4.15. The first-order valence-electron chi connectivity index (χ1n) is 5.94. The molecule has 2 aromatic rings. The molecule has 3 nitrogen and oxygen atoms in total. The molecule has 0 saturated heterocycles. The number of hydrogen-bond donors (Lipinski definition) is 1. The summed E-state index contributed by atoms with van der Waals surface area (Å²) in [5, 5.41) is 13.7. The summed E-state index contributed by atoms with van der Waals surface area (Å²) in [6.45, 7) is 1.98. The molecule has 1 fully saturated rings. The Labute approximate surface area is 105 Å². The summed E-state index contributed by atoms with van der Waals surface area (Å²) >= 11 is 1.62. The second-order valence-electron chi connectivity index (χ2n) is 4.50. The lowest BCUT2D eigenvalue weighted by molar-refractivity contribution is 0.676. The fraction of sp³-hybridized carbons (Fsp3) is 0.385. The molecular formula is C13H15N3S. The standard InChI is InChI=1S/C13H15N3S/c1-9-15-16-13(17-9)14-12(11-7-8-11)10-5-3-2-4-6-10/h2-6,11-12H,7-8H2,1H3,(H,14,16). The van der Waals surface area contributed by atoms with Gasteiger partial charge in [0, 0.05) is 0 Å².